The molecule has 2 saturated heterocycles. The third-order valence-electron chi connectivity index (χ3n) is 2.71. The summed E-state index contributed by atoms with van der Waals surface area (Å²) < 4.78 is 15.1. The first-order chi connectivity index (χ1) is 7.54. The first kappa shape index (κ1) is 14.4. The molecule has 2 fully saturated rings. The van der Waals surface area contributed by atoms with E-state index in [-0.39, 0.29) is 12.0 Å². The molecule has 0 atom stereocenters. The van der Waals surface area contributed by atoms with Crippen LogP contribution in [0.4, 0.5) is 0 Å². The van der Waals surface area contributed by atoms with Gasteiger partial charge in [-0.15, -0.1) is 0 Å². The Bertz CT molecular complexity index is 197. The monoisotopic (exact) mass is 296 g/mol. The highest BCUT2D eigenvalue weighted by atomic mass is 79.9. The Morgan fingerprint density at radius 1 is 1.12 bits per heavy atom. The molecule has 0 saturated carbocycles. The average Bonchev–Trinajstić information content (AvgIpc) is 2.21. The van der Waals surface area contributed by atoms with E-state index in [2.05, 4.69) is 22.9 Å². The standard InChI is InChI=1S/C6H11BrO2.C5H10O2/c1-6(2-8-3-6)4-9-5-7;1-5(2-6)3-7-4-5/h2-5H2,1H3;6H,2-4H2,1H3. The lowest BCUT2D eigenvalue weighted by atomic mass is 9.90. The van der Waals surface area contributed by atoms with Gasteiger partial charge in [0.15, 0.2) is 0 Å². The predicted octanol–water partition coefficient (Wildman–Crippen LogP) is 1.41. The van der Waals surface area contributed by atoms with Gasteiger partial charge in [0.2, 0.25) is 0 Å². The number of aliphatic hydroxyl groups excluding tert-OH is 1. The topological polar surface area (TPSA) is 47.9 Å². The van der Waals surface area contributed by atoms with Crippen molar-refractivity contribution in [1.29, 1.82) is 0 Å². The van der Waals surface area contributed by atoms with Crippen molar-refractivity contribution in [2.75, 3.05) is 45.2 Å². The zero-order valence-electron chi connectivity index (χ0n) is 10.00. The van der Waals surface area contributed by atoms with Gasteiger partial charge in [0.05, 0.1) is 39.6 Å². The molecule has 0 bridgehead atoms. The van der Waals surface area contributed by atoms with Gasteiger partial charge >= 0.3 is 0 Å². The molecule has 0 radical (unpaired) electrons. The lowest BCUT2D eigenvalue weighted by Crippen LogP contribution is -2.43. The van der Waals surface area contributed by atoms with Crippen molar-refractivity contribution < 1.29 is 19.3 Å². The smallest absolute Gasteiger partial charge is 0.102 e. The highest BCUT2D eigenvalue weighted by Crippen LogP contribution is 2.26. The molecule has 16 heavy (non-hydrogen) atoms. The van der Waals surface area contributed by atoms with Crippen LogP contribution in [0.15, 0.2) is 0 Å². The average molecular weight is 297 g/mol. The van der Waals surface area contributed by atoms with Gasteiger partial charge in [-0.2, -0.15) is 0 Å². The highest BCUT2D eigenvalue weighted by molar-refractivity contribution is 9.09. The van der Waals surface area contributed by atoms with Crippen molar-refractivity contribution in [3.05, 3.63) is 0 Å². The zero-order valence-corrected chi connectivity index (χ0v) is 11.6. The first-order valence-corrected chi connectivity index (χ1v) is 6.56. The van der Waals surface area contributed by atoms with E-state index in [4.69, 9.17) is 19.3 Å². The quantitative estimate of drug-likeness (QED) is 0.797. The summed E-state index contributed by atoms with van der Waals surface area (Å²) in [5, 5.41) is 8.57. The van der Waals surface area contributed by atoms with Crippen molar-refractivity contribution in [1.82, 2.24) is 0 Å². The molecule has 0 spiro atoms. The fraction of sp³-hybridized carbons (Fsp3) is 1.00. The van der Waals surface area contributed by atoms with E-state index in [9.17, 15) is 0 Å². The summed E-state index contributed by atoms with van der Waals surface area (Å²) in [5.41, 5.74) is 1.02. The van der Waals surface area contributed by atoms with Crippen LogP contribution in [0.3, 0.4) is 0 Å². The number of aliphatic hydroxyl groups is 1. The zero-order chi connectivity index (χ0) is 12.1. The molecule has 5 heteroatoms. The van der Waals surface area contributed by atoms with Gasteiger partial charge in [-0.05, 0) is 0 Å². The van der Waals surface area contributed by atoms with E-state index in [0.717, 1.165) is 33.0 Å². The SMILES string of the molecule is CC1(CO)COC1.CC1(COCBr)COC1. The molecule has 0 unspecified atom stereocenters. The van der Waals surface area contributed by atoms with E-state index >= 15 is 0 Å². The van der Waals surface area contributed by atoms with Crippen LogP contribution in [0, 0.1) is 10.8 Å². The first-order valence-electron chi connectivity index (χ1n) is 5.44. The fourth-order valence-corrected chi connectivity index (χ4v) is 1.52. The van der Waals surface area contributed by atoms with E-state index in [1.807, 2.05) is 6.92 Å². The van der Waals surface area contributed by atoms with Crippen molar-refractivity contribution in [2.45, 2.75) is 13.8 Å². The van der Waals surface area contributed by atoms with Crippen molar-refractivity contribution in [3.63, 3.8) is 0 Å². The maximum Gasteiger partial charge on any atom is 0.102 e. The highest BCUT2D eigenvalue weighted by Gasteiger charge is 2.33. The van der Waals surface area contributed by atoms with Gasteiger partial charge < -0.3 is 19.3 Å². The molecular weight excluding hydrogens is 276 g/mol. The molecule has 96 valence electrons. The lowest BCUT2D eigenvalue weighted by molar-refractivity contribution is -0.132. The number of ether oxygens (including phenoxy) is 3. The predicted molar refractivity (Wildman–Crippen MR) is 64.7 cm³/mol. The van der Waals surface area contributed by atoms with Crippen LogP contribution < -0.4 is 0 Å². The summed E-state index contributed by atoms with van der Waals surface area (Å²) in [7, 11) is 0. The Labute approximate surface area is 105 Å². The minimum Gasteiger partial charge on any atom is -0.396 e. The third kappa shape index (κ3) is 4.30. The molecular formula is C11H21BrO4. The Balaban J connectivity index is 0.000000165. The second kappa shape index (κ2) is 6.31. The molecule has 0 amide bonds. The van der Waals surface area contributed by atoms with Crippen LogP contribution in [0.25, 0.3) is 0 Å². The molecule has 4 nitrogen and oxygen atoms in total. The van der Waals surface area contributed by atoms with Gasteiger partial charge in [-0.1, -0.05) is 29.8 Å². The number of alkyl halides is 1. The van der Waals surface area contributed by atoms with Crippen LogP contribution in [0.2, 0.25) is 0 Å². The van der Waals surface area contributed by atoms with E-state index < -0.39 is 0 Å². The summed E-state index contributed by atoms with van der Waals surface area (Å²) in [6.45, 7) is 8.38. The van der Waals surface area contributed by atoms with Crippen molar-refractivity contribution in [2.24, 2.45) is 10.8 Å². The number of rotatable bonds is 4. The number of hydrogen-bond donors (Lipinski definition) is 1. The third-order valence-corrected chi connectivity index (χ3v) is 3.04. The summed E-state index contributed by atoms with van der Waals surface area (Å²) >= 11 is 3.19. The van der Waals surface area contributed by atoms with Crippen LogP contribution in [-0.4, -0.2) is 50.3 Å². The van der Waals surface area contributed by atoms with Crippen LogP contribution in [-0.2, 0) is 14.2 Å². The summed E-state index contributed by atoms with van der Waals surface area (Å²) in [4.78, 5) is 0. The van der Waals surface area contributed by atoms with Crippen LogP contribution in [0.1, 0.15) is 13.8 Å². The second-order valence-corrected chi connectivity index (χ2v) is 5.68. The molecule has 0 aromatic heterocycles. The minimum atomic E-state index is 0.0972. The lowest BCUT2D eigenvalue weighted by Gasteiger charge is -2.37. The molecule has 0 aromatic carbocycles. The summed E-state index contributed by atoms with van der Waals surface area (Å²) in [5.74, 6) is 0. The molecule has 0 aromatic rings. The second-order valence-electron chi connectivity index (χ2n) is 5.22. The summed E-state index contributed by atoms with van der Waals surface area (Å²) in [6, 6.07) is 0. The number of hydrogen-bond acceptors (Lipinski definition) is 4. The van der Waals surface area contributed by atoms with Crippen molar-refractivity contribution in [3.8, 4) is 0 Å². The van der Waals surface area contributed by atoms with Crippen LogP contribution >= 0.6 is 15.9 Å². The van der Waals surface area contributed by atoms with E-state index in [0.29, 0.717) is 10.9 Å². The van der Waals surface area contributed by atoms with Gasteiger partial charge in [0, 0.05) is 10.8 Å². The Kier molecular flexibility index (Phi) is 5.67. The molecule has 2 heterocycles. The Morgan fingerprint density at radius 2 is 1.62 bits per heavy atom. The molecule has 2 aliphatic heterocycles. The van der Waals surface area contributed by atoms with Crippen LogP contribution in [0.5, 0.6) is 0 Å². The number of halogens is 1. The molecule has 0 aliphatic carbocycles. The Morgan fingerprint density at radius 3 is 1.81 bits per heavy atom. The molecule has 2 rings (SSSR count). The molecule has 2 aliphatic rings. The molecule has 1 N–H and O–H groups in total. The van der Waals surface area contributed by atoms with Gasteiger partial charge in [-0.3, -0.25) is 0 Å². The normalized spacial score (nSPS) is 24.8. The van der Waals surface area contributed by atoms with E-state index in [1.54, 1.807) is 0 Å². The van der Waals surface area contributed by atoms with Crippen molar-refractivity contribution >= 4 is 15.9 Å². The minimum absolute atomic E-state index is 0.0972. The summed E-state index contributed by atoms with van der Waals surface area (Å²) in [6.07, 6.45) is 0. The maximum atomic E-state index is 8.57. The fourth-order valence-electron chi connectivity index (χ4n) is 1.36. The maximum absolute atomic E-state index is 8.57. The van der Waals surface area contributed by atoms with E-state index in [1.165, 1.54) is 0 Å². The Hall–Kier alpha value is 0.320. The van der Waals surface area contributed by atoms with Gasteiger partial charge in [0.1, 0.15) is 5.52 Å². The largest absolute Gasteiger partial charge is 0.396 e. The van der Waals surface area contributed by atoms with Gasteiger partial charge in [0.25, 0.3) is 0 Å². The van der Waals surface area contributed by atoms with Gasteiger partial charge in [-0.25, -0.2) is 0 Å².